The average molecular weight is 277 g/mol. The van der Waals surface area contributed by atoms with E-state index in [1.54, 1.807) is 0 Å². The van der Waals surface area contributed by atoms with Gasteiger partial charge < -0.3 is 10.6 Å². The summed E-state index contributed by atoms with van der Waals surface area (Å²) in [6.07, 6.45) is 1.20. The van der Waals surface area contributed by atoms with E-state index in [0.29, 0.717) is 17.8 Å². The van der Waals surface area contributed by atoms with Crippen molar-refractivity contribution in [1.82, 2.24) is 14.9 Å². The van der Waals surface area contributed by atoms with Crippen molar-refractivity contribution in [2.24, 2.45) is 0 Å². The third-order valence-corrected chi connectivity index (χ3v) is 4.08. The van der Waals surface area contributed by atoms with Gasteiger partial charge in [0.1, 0.15) is 17.5 Å². The summed E-state index contributed by atoms with van der Waals surface area (Å²) in [5, 5.41) is 0. The van der Waals surface area contributed by atoms with E-state index in [9.17, 15) is 0 Å². The smallest absolute Gasteiger partial charge is 0.135 e. The van der Waals surface area contributed by atoms with Gasteiger partial charge in [0, 0.05) is 31.1 Å². The summed E-state index contributed by atoms with van der Waals surface area (Å²) in [4.78, 5) is 13.9. The van der Waals surface area contributed by atoms with Crippen molar-refractivity contribution in [1.29, 1.82) is 0 Å². The van der Waals surface area contributed by atoms with Crippen LogP contribution in [0.5, 0.6) is 0 Å². The molecule has 5 heteroatoms. The van der Waals surface area contributed by atoms with E-state index in [1.165, 1.54) is 6.42 Å². The number of nitrogens with two attached hydrogens (primary N) is 1. The van der Waals surface area contributed by atoms with Crippen LogP contribution in [0.4, 0.5) is 11.6 Å². The maximum atomic E-state index is 5.92. The first-order valence-electron chi connectivity index (χ1n) is 7.68. The summed E-state index contributed by atoms with van der Waals surface area (Å²) in [7, 11) is 0. The van der Waals surface area contributed by atoms with Gasteiger partial charge in [-0.15, -0.1) is 0 Å². The van der Waals surface area contributed by atoms with E-state index in [-0.39, 0.29) is 0 Å². The number of aromatic nitrogens is 2. The van der Waals surface area contributed by atoms with Gasteiger partial charge in [-0.05, 0) is 19.5 Å². The SMILES string of the molecule is CCN(CC)C1CCN(c2cc(N)nc(C(C)C)n2)C1. The Morgan fingerprint density at radius 2 is 2.05 bits per heavy atom. The molecule has 0 bridgehead atoms. The standard InChI is InChI=1S/C15H27N5/c1-5-19(6-2)12-7-8-20(10-12)14-9-13(16)17-15(18-14)11(3)4/h9,11-12H,5-8,10H2,1-4H3,(H2,16,17,18). The molecule has 1 aliphatic heterocycles. The Kier molecular flexibility index (Phi) is 4.81. The van der Waals surface area contributed by atoms with E-state index in [1.807, 2.05) is 6.07 Å². The molecule has 0 spiro atoms. The van der Waals surface area contributed by atoms with Crippen LogP contribution < -0.4 is 10.6 Å². The number of hydrogen-bond acceptors (Lipinski definition) is 5. The highest BCUT2D eigenvalue weighted by molar-refractivity contribution is 5.48. The zero-order chi connectivity index (χ0) is 14.7. The molecular weight excluding hydrogens is 250 g/mol. The molecule has 20 heavy (non-hydrogen) atoms. The normalized spacial score (nSPS) is 19.3. The lowest BCUT2D eigenvalue weighted by atomic mass is 10.2. The maximum absolute atomic E-state index is 5.92. The molecule has 112 valence electrons. The van der Waals surface area contributed by atoms with Crippen LogP contribution in [0.2, 0.25) is 0 Å². The molecule has 1 unspecified atom stereocenters. The number of nitrogen functional groups attached to an aromatic ring is 1. The van der Waals surface area contributed by atoms with Crippen LogP contribution in [0, 0.1) is 0 Å². The van der Waals surface area contributed by atoms with E-state index in [0.717, 1.165) is 37.8 Å². The second-order valence-electron chi connectivity index (χ2n) is 5.77. The molecule has 0 amide bonds. The zero-order valence-electron chi connectivity index (χ0n) is 13.1. The van der Waals surface area contributed by atoms with Crippen molar-refractivity contribution in [3.63, 3.8) is 0 Å². The molecule has 2 rings (SSSR count). The highest BCUT2D eigenvalue weighted by Crippen LogP contribution is 2.24. The number of anilines is 2. The van der Waals surface area contributed by atoms with Gasteiger partial charge in [0.05, 0.1) is 0 Å². The van der Waals surface area contributed by atoms with Crippen molar-refractivity contribution in [2.45, 2.75) is 46.1 Å². The molecule has 2 heterocycles. The molecule has 1 fully saturated rings. The first-order valence-corrected chi connectivity index (χ1v) is 7.68. The largest absolute Gasteiger partial charge is 0.384 e. The van der Waals surface area contributed by atoms with E-state index in [2.05, 4.69) is 47.5 Å². The maximum Gasteiger partial charge on any atom is 0.135 e. The second-order valence-corrected chi connectivity index (χ2v) is 5.77. The fourth-order valence-electron chi connectivity index (χ4n) is 2.88. The third kappa shape index (κ3) is 3.20. The summed E-state index contributed by atoms with van der Waals surface area (Å²) in [5.41, 5.74) is 5.92. The van der Waals surface area contributed by atoms with Crippen molar-refractivity contribution in [3.8, 4) is 0 Å². The van der Waals surface area contributed by atoms with Crippen molar-refractivity contribution in [2.75, 3.05) is 36.8 Å². The minimum absolute atomic E-state index is 0.304. The van der Waals surface area contributed by atoms with Gasteiger partial charge >= 0.3 is 0 Å². The Bertz CT molecular complexity index is 442. The van der Waals surface area contributed by atoms with E-state index in [4.69, 9.17) is 5.73 Å². The van der Waals surface area contributed by atoms with Crippen LogP contribution in [0.3, 0.4) is 0 Å². The lowest BCUT2D eigenvalue weighted by Gasteiger charge is -2.26. The van der Waals surface area contributed by atoms with Gasteiger partial charge in [0.15, 0.2) is 0 Å². The quantitative estimate of drug-likeness (QED) is 0.893. The van der Waals surface area contributed by atoms with Gasteiger partial charge in [-0.3, -0.25) is 4.90 Å². The van der Waals surface area contributed by atoms with Crippen molar-refractivity contribution < 1.29 is 0 Å². The number of hydrogen-bond donors (Lipinski definition) is 1. The summed E-state index contributed by atoms with van der Waals surface area (Å²) in [6.45, 7) is 13.0. The first-order chi connectivity index (χ1) is 9.55. The Hall–Kier alpha value is -1.36. The van der Waals surface area contributed by atoms with Crippen molar-refractivity contribution in [3.05, 3.63) is 11.9 Å². The Labute approximate surface area is 122 Å². The van der Waals surface area contributed by atoms with Crippen LogP contribution in [0.1, 0.15) is 45.9 Å². The van der Waals surface area contributed by atoms with Crippen LogP contribution in [-0.4, -0.2) is 47.1 Å². The lowest BCUT2D eigenvalue weighted by Crippen LogP contribution is -2.37. The van der Waals surface area contributed by atoms with E-state index < -0.39 is 0 Å². The topological polar surface area (TPSA) is 58.3 Å². The van der Waals surface area contributed by atoms with Gasteiger partial charge in [0.2, 0.25) is 0 Å². The molecule has 1 saturated heterocycles. The molecule has 5 nitrogen and oxygen atoms in total. The highest BCUT2D eigenvalue weighted by atomic mass is 15.3. The third-order valence-electron chi connectivity index (χ3n) is 4.08. The predicted octanol–water partition coefficient (Wildman–Crippen LogP) is 2.10. The van der Waals surface area contributed by atoms with Gasteiger partial charge in [-0.1, -0.05) is 27.7 Å². The van der Waals surface area contributed by atoms with E-state index >= 15 is 0 Å². The van der Waals surface area contributed by atoms with Gasteiger partial charge in [-0.25, -0.2) is 9.97 Å². The molecule has 1 atom stereocenters. The van der Waals surface area contributed by atoms with Crippen LogP contribution in [-0.2, 0) is 0 Å². The van der Waals surface area contributed by atoms with Gasteiger partial charge in [-0.2, -0.15) is 0 Å². The lowest BCUT2D eigenvalue weighted by molar-refractivity contribution is 0.232. The fourth-order valence-corrected chi connectivity index (χ4v) is 2.88. The van der Waals surface area contributed by atoms with Crippen LogP contribution in [0.15, 0.2) is 6.07 Å². The number of nitrogens with zero attached hydrogens (tertiary/aromatic N) is 4. The molecule has 1 aromatic rings. The van der Waals surface area contributed by atoms with Crippen molar-refractivity contribution >= 4 is 11.6 Å². The first kappa shape index (κ1) is 15.0. The number of rotatable bonds is 5. The molecule has 0 aromatic carbocycles. The number of likely N-dealkylation sites (N-methyl/N-ethyl adjacent to an activating group) is 1. The second kappa shape index (κ2) is 6.39. The molecule has 1 aromatic heterocycles. The van der Waals surface area contributed by atoms with Crippen LogP contribution >= 0.6 is 0 Å². The van der Waals surface area contributed by atoms with Crippen LogP contribution in [0.25, 0.3) is 0 Å². The molecular formula is C15H27N5. The molecule has 1 aliphatic rings. The molecule has 0 radical (unpaired) electrons. The average Bonchev–Trinajstić information content (AvgIpc) is 2.89. The minimum Gasteiger partial charge on any atom is -0.384 e. The summed E-state index contributed by atoms with van der Waals surface area (Å²) >= 11 is 0. The Morgan fingerprint density at radius 1 is 1.35 bits per heavy atom. The summed E-state index contributed by atoms with van der Waals surface area (Å²) < 4.78 is 0. The summed E-state index contributed by atoms with van der Waals surface area (Å²) in [5.74, 6) is 2.70. The molecule has 2 N–H and O–H groups in total. The minimum atomic E-state index is 0.304. The Balaban J connectivity index is 2.13. The fraction of sp³-hybridized carbons (Fsp3) is 0.733. The monoisotopic (exact) mass is 277 g/mol. The summed E-state index contributed by atoms with van der Waals surface area (Å²) in [6, 6.07) is 2.53. The zero-order valence-corrected chi connectivity index (χ0v) is 13.1. The Morgan fingerprint density at radius 3 is 2.65 bits per heavy atom. The molecule has 0 saturated carbocycles. The highest BCUT2D eigenvalue weighted by Gasteiger charge is 2.27. The molecule has 0 aliphatic carbocycles. The van der Waals surface area contributed by atoms with Gasteiger partial charge in [0.25, 0.3) is 0 Å². The predicted molar refractivity (Wildman–Crippen MR) is 84.1 cm³/mol.